The summed E-state index contributed by atoms with van der Waals surface area (Å²) in [6.07, 6.45) is -1.61. The Balaban J connectivity index is 1.45. The molecule has 10 nitrogen and oxygen atoms in total. The van der Waals surface area contributed by atoms with Crippen molar-refractivity contribution in [2.75, 3.05) is 38.4 Å². The van der Waals surface area contributed by atoms with Gasteiger partial charge in [-0.3, -0.25) is 0 Å². The maximum Gasteiger partial charge on any atom is 0.416 e. The van der Waals surface area contributed by atoms with E-state index in [1.807, 2.05) is 31.2 Å². The Morgan fingerprint density at radius 3 is 2.36 bits per heavy atom. The Kier molecular flexibility index (Phi) is 10.2. The minimum atomic E-state index is -4.57. The molecule has 2 aromatic carbocycles. The van der Waals surface area contributed by atoms with E-state index in [0.717, 1.165) is 17.4 Å². The third kappa shape index (κ3) is 8.34. The molecule has 2 amide bonds. The first kappa shape index (κ1) is 32.0. The molecule has 4 rings (SSSR count). The number of nitrogens with one attached hydrogen (secondary N) is 2. The largest absolute Gasteiger partial charge is 0.497 e. The van der Waals surface area contributed by atoms with Crippen LogP contribution in [-0.4, -0.2) is 53.7 Å². The minimum Gasteiger partial charge on any atom is -0.497 e. The van der Waals surface area contributed by atoms with E-state index in [9.17, 15) is 18.0 Å². The summed E-state index contributed by atoms with van der Waals surface area (Å²) in [5.74, 6) is 1.79. The smallest absolute Gasteiger partial charge is 0.416 e. The van der Waals surface area contributed by atoms with Gasteiger partial charge in [0.05, 0.1) is 36.9 Å². The Morgan fingerprint density at radius 2 is 1.73 bits per heavy atom. The number of carbonyl (C=O) groups excluding carboxylic acids is 1. The van der Waals surface area contributed by atoms with Crippen LogP contribution in [0.4, 0.5) is 29.3 Å². The number of ether oxygens (including phenoxy) is 3. The molecule has 232 valence electrons. The molecule has 0 aliphatic rings. The van der Waals surface area contributed by atoms with Gasteiger partial charge < -0.3 is 29.7 Å². The van der Waals surface area contributed by atoms with Crippen molar-refractivity contribution in [1.29, 1.82) is 0 Å². The fourth-order valence-electron chi connectivity index (χ4n) is 4.21. The lowest BCUT2D eigenvalue weighted by molar-refractivity contribution is -0.138. The van der Waals surface area contributed by atoms with E-state index >= 15 is 0 Å². The predicted octanol–water partition coefficient (Wildman–Crippen LogP) is 6.56. The van der Waals surface area contributed by atoms with Gasteiger partial charge in [0.2, 0.25) is 0 Å². The van der Waals surface area contributed by atoms with Crippen LogP contribution in [0.2, 0.25) is 0 Å². The first-order valence-corrected chi connectivity index (χ1v) is 13.6. The lowest BCUT2D eigenvalue weighted by Gasteiger charge is -2.18. The van der Waals surface area contributed by atoms with Crippen LogP contribution in [0.3, 0.4) is 0 Å². The van der Waals surface area contributed by atoms with Gasteiger partial charge >= 0.3 is 12.2 Å². The molecule has 0 unspecified atom stereocenters. The second-order valence-electron chi connectivity index (χ2n) is 9.98. The van der Waals surface area contributed by atoms with Crippen molar-refractivity contribution in [3.05, 3.63) is 83.3 Å². The number of hydrogen-bond acceptors (Lipinski definition) is 8. The maximum absolute atomic E-state index is 13.6. The molecule has 0 fully saturated rings. The fourth-order valence-corrected chi connectivity index (χ4v) is 4.21. The molecule has 44 heavy (non-hydrogen) atoms. The number of rotatable bonds is 11. The third-order valence-electron chi connectivity index (χ3n) is 6.30. The van der Waals surface area contributed by atoms with Crippen LogP contribution in [-0.2, 0) is 19.3 Å². The molecule has 13 heteroatoms. The number of methoxy groups -OCH3 is 1. The van der Waals surface area contributed by atoms with Crippen LogP contribution >= 0.6 is 0 Å². The van der Waals surface area contributed by atoms with E-state index in [0.29, 0.717) is 35.3 Å². The van der Waals surface area contributed by atoms with Crippen molar-refractivity contribution in [3.8, 4) is 28.8 Å². The van der Waals surface area contributed by atoms with Gasteiger partial charge in [-0.15, -0.1) is 0 Å². The summed E-state index contributed by atoms with van der Waals surface area (Å²) in [5.41, 5.74) is 1.48. The summed E-state index contributed by atoms with van der Waals surface area (Å²) in [4.78, 5) is 27.5. The second-order valence-corrected chi connectivity index (χ2v) is 9.98. The van der Waals surface area contributed by atoms with E-state index in [1.165, 1.54) is 18.3 Å². The second kappa shape index (κ2) is 14.0. The van der Waals surface area contributed by atoms with Crippen LogP contribution in [0.1, 0.15) is 29.3 Å². The van der Waals surface area contributed by atoms with E-state index in [4.69, 9.17) is 14.2 Å². The highest BCUT2D eigenvalue weighted by atomic mass is 19.4. The number of nitrogens with zero attached hydrogens (tertiary/aromatic N) is 4. The average Bonchev–Trinajstić information content (AvgIpc) is 2.98. The number of carbonyl (C=O) groups is 1. The highest BCUT2D eigenvalue weighted by Crippen LogP contribution is 2.35. The highest BCUT2D eigenvalue weighted by Gasteiger charge is 2.33. The van der Waals surface area contributed by atoms with Gasteiger partial charge in [0.25, 0.3) is 5.88 Å². The number of halogens is 3. The third-order valence-corrected chi connectivity index (χ3v) is 6.30. The number of aromatic nitrogens is 3. The summed E-state index contributed by atoms with van der Waals surface area (Å²) >= 11 is 0. The molecule has 0 radical (unpaired) electrons. The van der Waals surface area contributed by atoms with E-state index in [-0.39, 0.29) is 30.1 Å². The first-order valence-electron chi connectivity index (χ1n) is 13.6. The van der Waals surface area contributed by atoms with Crippen LogP contribution < -0.4 is 24.8 Å². The zero-order valence-corrected chi connectivity index (χ0v) is 25.0. The summed E-state index contributed by atoms with van der Waals surface area (Å²) in [5, 5.41) is 5.04. The van der Waals surface area contributed by atoms with E-state index in [1.54, 1.807) is 45.3 Å². The van der Waals surface area contributed by atoms with Crippen molar-refractivity contribution in [2.24, 2.45) is 0 Å². The maximum atomic E-state index is 13.6. The van der Waals surface area contributed by atoms with Gasteiger partial charge in [-0.2, -0.15) is 13.2 Å². The zero-order chi connectivity index (χ0) is 31.9. The quantitative estimate of drug-likeness (QED) is 0.197. The number of urea groups is 1. The monoisotopic (exact) mass is 610 g/mol. The molecule has 2 N–H and O–H groups in total. The van der Waals surface area contributed by atoms with Gasteiger partial charge in [0, 0.05) is 24.0 Å². The molecule has 0 saturated heterocycles. The Hall–Kier alpha value is -4.91. The lowest BCUT2D eigenvalue weighted by atomic mass is 10.1. The fraction of sp³-hybridized carbons (Fsp3) is 0.290. The molecule has 2 aromatic heterocycles. The van der Waals surface area contributed by atoms with Gasteiger partial charge in [0.15, 0.2) is 11.6 Å². The number of hydrogen-bond donors (Lipinski definition) is 2. The molecular weight excluding hydrogens is 577 g/mol. The Morgan fingerprint density at radius 1 is 0.977 bits per heavy atom. The number of pyridine rings is 1. The van der Waals surface area contributed by atoms with Crippen LogP contribution in [0, 0.1) is 6.92 Å². The predicted molar refractivity (Wildman–Crippen MR) is 160 cm³/mol. The number of benzene rings is 2. The van der Waals surface area contributed by atoms with Crippen molar-refractivity contribution in [3.63, 3.8) is 0 Å². The molecule has 0 spiro atoms. The molecule has 4 aromatic rings. The van der Waals surface area contributed by atoms with Gasteiger partial charge in [-0.25, -0.2) is 19.7 Å². The number of anilines is 2. The standard InChI is InChI=1S/C31H33F3N6O4/c1-6-43-27-13-22(15-36-29(27)44-18-20-7-11-24(42-5)12-8-20)28-35-16-26(19(2)37-28)39-30(41)38-23-10-9-21(17-40(3)4)25(14-23)31(32,33)34/h7-16H,6,17-18H2,1-5H3,(H2,38,39,41). The summed E-state index contributed by atoms with van der Waals surface area (Å²) in [6, 6.07) is 12.1. The normalized spacial score (nSPS) is 11.3. The number of amides is 2. The topological polar surface area (TPSA) is 111 Å². The Bertz CT molecular complexity index is 1600. The van der Waals surface area contributed by atoms with Crippen molar-refractivity contribution < 1.29 is 32.2 Å². The summed E-state index contributed by atoms with van der Waals surface area (Å²) in [7, 11) is 4.96. The molecule has 0 bridgehead atoms. The zero-order valence-electron chi connectivity index (χ0n) is 25.0. The lowest BCUT2D eigenvalue weighted by Crippen LogP contribution is -2.22. The first-order chi connectivity index (χ1) is 21.0. The SMILES string of the molecule is CCOc1cc(-c2ncc(NC(=O)Nc3ccc(CN(C)C)c(C(F)(F)F)c3)c(C)n2)cnc1OCc1ccc(OC)cc1. The van der Waals surface area contributed by atoms with Gasteiger partial charge in [-0.05, 0) is 69.4 Å². The van der Waals surface area contributed by atoms with E-state index < -0.39 is 17.8 Å². The van der Waals surface area contributed by atoms with Crippen molar-refractivity contribution >= 4 is 17.4 Å². The van der Waals surface area contributed by atoms with Gasteiger partial charge in [0.1, 0.15) is 12.4 Å². The van der Waals surface area contributed by atoms with Crippen molar-refractivity contribution in [1.82, 2.24) is 19.9 Å². The molecule has 2 heterocycles. The summed E-state index contributed by atoms with van der Waals surface area (Å²) < 4.78 is 57.7. The number of alkyl halides is 3. The summed E-state index contributed by atoms with van der Waals surface area (Å²) in [6.45, 7) is 4.26. The van der Waals surface area contributed by atoms with Crippen LogP contribution in [0.15, 0.2) is 60.9 Å². The minimum absolute atomic E-state index is 0.00338. The highest BCUT2D eigenvalue weighted by molar-refractivity contribution is 6.00. The molecule has 0 saturated carbocycles. The number of aryl methyl sites for hydroxylation is 1. The van der Waals surface area contributed by atoms with E-state index in [2.05, 4.69) is 25.6 Å². The molecule has 0 atom stereocenters. The average molecular weight is 611 g/mol. The van der Waals surface area contributed by atoms with Crippen LogP contribution in [0.5, 0.6) is 17.4 Å². The Labute approximate surface area is 253 Å². The molecule has 0 aliphatic heterocycles. The molecule has 0 aliphatic carbocycles. The van der Waals surface area contributed by atoms with Crippen molar-refractivity contribution in [2.45, 2.75) is 33.2 Å². The van der Waals surface area contributed by atoms with Gasteiger partial charge in [-0.1, -0.05) is 18.2 Å². The molecular formula is C31H33F3N6O4. The van der Waals surface area contributed by atoms with Crippen LogP contribution in [0.25, 0.3) is 11.4 Å².